The molecule has 0 N–H and O–H groups in total. The molecular weight excluding hydrogens is 212 g/mol. The Hall–Kier alpha value is -0.850. The van der Waals surface area contributed by atoms with Crippen molar-refractivity contribution in [3.63, 3.8) is 0 Å². The van der Waals surface area contributed by atoms with Gasteiger partial charge in [0.05, 0.1) is 12.2 Å². The second kappa shape index (κ2) is 4.80. The van der Waals surface area contributed by atoms with Gasteiger partial charge in [0.2, 0.25) is 0 Å². The Morgan fingerprint density at radius 1 is 1.53 bits per heavy atom. The lowest BCUT2D eigenvalue weighted by atomic mass is 9.59. The molecule has 0 spiro atoms. The van der Waals surface area contributed by atoms with Crippen LogP contribution in [0.25, 0.3) is 0 Å². The third-order valence-electron chi connectivity index (χ3n) is 3.42. The van der Waals surface area contributed by atoms with E-state index in [0.29, 0.717) is 5.92 Å². The maximum atomic E-state index is 10.9. The maximum absolute atomic E-state index is 10.9. The van der Waals surface area contributed by atoms with Crippen LogP contribution >= 0.6 is 0 Å². The summed E-state index contributed by atoms with van der Waals surface area (Å²) < 4.78 is 5.82. The van der Waals surface area contributed by atoms with E-state index in [1.807, 2.05) is 0 Å². The van der Waals surface area contributed by atoms with Crippen LogP contribution in [0.3, 0.4) is 0 Å². The molecule has 0 radical (unpaired) electrons. The Balaban J connectivity index is 2.61. The molecule has 1 aliphatic rings. The minimum atomic E-state index is -0.0786. The predicted octanol–water partition coefficient (Wildman–Crippen LogP) is 3.52. The molecule has 0 aliphatic heterocycles. The van der Waals surface area contributed by atoms with Gasteiger partial charge in [0, 0.05) is 6.08 Å². The number of ether oxygens (including phenoxy) is 1. The lowest BCUT2D eigenvalue weighted by molar-refractivity contribution is -0.112. The lowest BCUT2D eigenvalue weighted by Gasteiger charge is -2.47. The molecule has 2 heteroatoms. The van der Waals surface area contributed by atoms with Gasteiger partial charge in [-0.3, -0.25) is 4.79 Å². The van der Waals surface area contributed by atoms with Crippen molar-refractivity contribution in [2.75, 3.05) is 6.61 Å². The highest BCUT2D eigenvalue weighted by Crippen LogP contribution is 2.50. The van der Waals surface area contributed by atoms with Gasteiger partial charge in [0.25, 0.3) is 0 Å². The predicted molar refractivity (Wildman–Crippen MR) is 69.9 cm³/mol. The Bertz CT molecular complexity index is 363. The van der Waals surface area contributed by atoms with E-state index in [0.717, 1.165) is 13.0 Å². The van der Waals surface area contributed by atoms with Crippen LogP contribution in [0.1, 0.15) is 48.0 Å². The van der Waals surface area contributed by atoms with Crippen LogP contribution in [0.2, 0.25) is 0 Å². The molecule has 0 aromatic carbocycles. The van der Waals surface area contributed by atoms with Crippen LogP contribution < -0.4 is 0 Å². The molecular formula is C15H24O2. The number of carbonyl (C=O) groups excluding carboxylic acids is 1. The third kappa shape index (κ3) is 3.83. The van der Waals surface area contributed by atoms with Crippen molar-refractivity contribution >= 4 is 5.78 Å². The fraction of sp³-hybridized carbons (Fsp3) is 0.733. The molecule has 0 bridgehead atoms. The first kappa shape index (κ1) is 14.2. The smallest absolute Gasteiger partial charge is 0.160 e. The van der Waals surface area contributed by atoms with Gasteiger partial charge in [-0.25, -0.2) is 0 Å². The summed E-state index contributed by atoms with van der Waals surface area (Å²) in [6.07, 6.45) is 2.53. The fourth-order valence-corrected chi connectivity index (χ4v) is 1.93. The fourth-order valence-electron chi connectivity index (χ4n) is 1.93. The van der Waals surface area contributed by atoms with Crippen molar-refractivity contribution in [2.45, 2.75) is 53.6 Å². The number of rotatable bonds is 3. The first-order valence-electron chi connectivity index (χ1n) is 6.23. The highest BCUT2D eigenvalue weighted by atomic mass is 16.5. The van der Waals surface area contributed by atoms with Crippen molar-refractivity contribution in [2.24, 2.45) is 11.3 Å². The summed E-state index contributed by atoms with van der Waals surface area (Å²) in [6.45, 7) is 13.0. The van der Waals surface area contributed by atoms with Gasteiger partial charge in [0.15, 0.2) is 5.78 Å². The maximum Gasteiger partial charge on any atom is 0.160 e. The summed E-state index contributed by atoms with van der Waals surface area (Å²) >= 11 is 0. The third-order valence-corrected chi connectivity index (χ3v) is 3.42. The average Bonchev–Trinajstić information content (AvgIpc) is 2.13. The molecule has 1 saturated carbocycles. The summed E-state index contributed by atoms with van der Waals surface area (Å²) in [5.74, 6) is 0.590. The van der Waals surface area contributed by atoms with E-state index in [9.17, 15) is 4.79 Å². The van der Waals surface area contributed by atoms with E-state index in [2.05, 4.69) is 40.3 Å². The molecule has 1 aliphatic carbocycles. The van der Waals surface area contributed by atoms with Gasteiger partial charge in [-0.15, -0.1) is 5.73 Å². The summed E-state index contributed by atoms with van der Waals surface area (Å²) in [5.41, 5.74) is 4.38. The molecule has 0 aromatic heterocycles. The molecule has 0 aromatic rings. The molecule has 1 atom stereocenters. The van der Waals surface area contributed by atoms with Gasteiger partial charge in [-0.05, 0) is 51.0 Å². The monoisotopic (exact) mass is 236 g/mol. The van der Waals surface area contributed by atoms with E-state index in [1.54, 1.807) is 6.92 Å². The van der Waals surface area contributed by atoms with Gasteiger partial charge in [-0.2, -0.15) is 0 Å². The van der Waals surface area contributed by atoms with Crippen molar-refractivity contribution in [1.29, 1.82) is 0 Å². The lowest BCUT2D eigenvalue weighted by Crippen LogP contribution is -2.41. The van der Waals surface area contributed by atoms with Crippen LogP contribution in [-0.4, -0.2) is 18.0 Å². The topological polar surface area (TPSA) is 26.3 Å². The number of hydrogen-bond donors (Lipinski definition) is 0. The molecule has 0 saturated heterocycles. The van der Waals surface area contributed by atoms with Crippen LogP contribution in [0.15, 0.2) is 17.4 Å². The van der Waals surface area contributed by atoms with E-state index in [1.165, 1.54) is 11.6 Å². The molecule has 0 heterocycles. The van der Waals surface area contributed by atoms with Gasteiger partial charge in [-0.1, -0.05) is 13.8 Å². The van der Waals surface area contributed by atoms with E-state index < -0.39 is 0 Å². The van der Waals surface area contributed by atoms with Crippen LogP contribution in [-0.2, 0) is 9.53 Å². The van der Waals surface area contributed by atoms with E-state index >= 15 is 0 Å². The van der Waals surface area contributed by atoms with Crippen molar-refractivity contribution < 1.29 is 9.53 Å². The first-order chi connectivity index (χ1) is 7.63. The first-order valence-corrected chi connectivity index (χ1v) is 6.23. The Morgan fingerprint density at radius 3 is 2.53 bits per heavy atom. The van der Waals surface area contributed by atoms with Gasteiger partial charge < -0.3 is 4.74 Å². The molecule has 1 rings (SSSR count). The molecule has 17 heavy (non-hydrogen) atoms. The average molecular weight is 236 g/mol. The minimum Gasteiger partial charge on any atom is -0.376 e. The molecule has 1 fully saturated rings. The summed E-state index contributed by atoms with van der Waals surface area (Å²) in [5, 5.41) is 0. The van der Waals surface area contributed by atoms with E-state index in [-0.39, 0.29) is 16.8 Å². The number of hydrogen-bond acceptors (Lipinski definition) is 2. The van der Waals surface area contributed by atoms with Crippen LogP contribution in [0, 0.1) is 11.3 Å². The molecule has 2 nitrogen and oxygen atoms in total. The molecule has 96 valence electrons. The number of allylic oxidation sites excluding steroid dienone is 1. The normalized spacial score (nSPS) is 22.7. The second-order valence-corrected chi connectivity index (χ2v) is 6.42. The minimum absolute atomic E-state index is 0.0580. The van der Waals surface area contributed by atoms with E-state index in [4.69, 9.17) is 4.74 Å². The largest absolute Gasteiger partial charge is 0.376 e. The standard InChI is InChI=1S/C15H24O2/c1-11(16)7-8-12-9-13(15(12,5)6)10-17-14(2,3)4/h7,13H,9-10H2,1-6H3. The second-order valence-electron chi connectivity index (χ2n) is 6.42. The quantitative estimate of drug-likeness (QED) is 0.553. The highest BCUT2D eigenvalue weighted by molar-refractivity contribution is 5.87. The Labute approximate surface area is 105 Å². The number of ketones is 1. The Morgan fingerprint density at radius 2 is 2.12 bits per heavy atom. The molecule has 0 amide bonds. The van der Waals surface area contributed by atoms with Gasteiger partial charge in [0.1, 0.15) is 0 Å². The van der Waals surface area contributed by atoms with Gasteiger partial charge >= 0.3 is 0 Å². The SMILES string of the molecule is CC(=O)C=C=C1CC(COC(C)(C)C)C1(C)C. The van der Waals surface area contributed by atoms with Crippen molar-refractivity contribution in [3.8, 4) is 0 Å². The number of carbonyl (C=O) groups is 1. The zero-order valence-electron chi connectivity index (χ0n) is 11.9. The van der Waals surface area contributed by atoms with Crippen molar-refractivity contribution in [1.82, 2.24) is 0 Å². The summed E-state index contributed by atoms with van der Waals surface area (Å²) in [6, 6.07) is 0. The van der Waals surface area contributed by atoms with Crippen LogP contribution in [0.4, 0.5) is 0 Å². The summed E-state index contributed by atoms with van der Waals surface area (Å²) in [7, 11) is 0. The van der Waals surface area contributed by atoms with Crippen LogP contribution in [0.5, 0.6) is 0 Å². The Kier molecular flexibility index (Phi) is 4.01. The summed E-state index contributed by atoms with van der Waals surface area (Å²) in [4.78, 5) is 10.9. The zero-order chi connectivity index (χ0) is 13.3. The molecule has 1 unspecified atom stereocenters. The highest BCUT2D eigenvalue weighted by Gasteiger charge is 2.43. The zero-order valence-corrected chi connectivity index (χ0v) is 11.9. The van der Waals surface area contributed by atoms with Crippen molar-refractivity contribution in [3.05, 3.63) is 17.4 Å².